The van der Waals surface area contributed by atoms with Gasteiger partial charge in [-0.15, -0.1) is 0 Å². The molecular formula is C19H19NO7. The summed E-state index contributed by atoms with van der Waals surface area (Å²) in [4.78, 5) is 26.0. The van der Waals surface area contributed by atoms with Gasteiger partial charge in [-0.05, 0) is 29.8 Å². The zero-order chi connectivity index (χ0) is 19.0. The first-order valence-electron chi connectivity index (χ1n) is 8.56. The van der Waals surface area contributed by atoms with Gasteiger partial charge in [-0.2, -0.15) is 0 Å². The number of carbonyl (C=O) groups is 2. The number of fused-ring (bicyclic) bond motifs is 1. The standard InChI is InChI=1S/C19H19NO7/c1-24-9-12-3-5-16(27-12)18(21)20-7-13(14(8-20)19(22)23)11-2-4-15-17(6-11)26-10-25-15/h2-6,13-14H,7-10H2,1H3,(H,22,23)/t13-,14+/m0/s1. The number of methoxy groups -OCH3 is 1. The summed E-state index contributed by atoms with van der Waals surface area (Å²) < 4.78 is 21.2. The molecule has 2 atom stereocenters. The summed E-state index contributed by atoms with van der Waals surface area (Å²) >= 11 is 0. The first-order valence-corrected chi connectivity index (χ1v) is 8.56. The van der Waals surface area contributed by atoms with Crippen molar-refractivity contribution in [2.24, 2.45) is 5.92 Å². The minimum Gasteiger partial charge on any atom is -0.481 e. The fraction of sp³-hybridized carbons (Fsp3) is 0.368. The second-order valence-electron chi connectivity index (χ2n) is 6.57. The van der Waals surface area contributed by atoms with E-state index in [0.717, 1.165) is 5.56 Å². The molecule has 0 unspecified atom stereocenters. The van der Waals surface area contributed by atoms with Crippen LogP contribution in [0.4, 0.5) is 0 Å². The Morgan fingerprint density at radius 2 is 2.00 bits per heavy atom. The number of hydrogen-bond donors (Lipinski definition) is 1. The van der Waals surface area contributed by atoms with Gasteiger partial charge in [-0.1, -0.05) is 6.07 Å². The van der Waals surface area contributed by atoms with Gasteiger partial charge in [0.25, 0.3) is 5.91 Å². The van der Waals surface area contributed by atoms with Crippen molar-refractivity contribution in [3.63, 3.8) is 0 Å². The van der Waals surface area contributed by atoms with Gasteiger partial charge in [0.1, 0.15) is 12.4 Å². The van der Waals surface area contributed by atoms with Crippen LogP contribution in [0.25, 0.3) is 0 Å². The molecule has 1 amide bonds. The van der Waals surface area contributed by atoms with Gasteiger partial charge in [0.05, 0.1) is 5.92 Å². The maximum atomic E-state index is 12.8. The number of nitrogens with zero attached hydrogens (tertiary/aromatic N) is 1. The largest absolute Gasteiger partial charge is 0.481 e. The Labute approximate surface area is 155 Å². The summed E-state index contributed by atoms with van der Waals surface area (Å²) in [7, 11) is 1.54. The van der Waals surface area contributed by atoms with Gasteiger partial charge in [0.2, 0.25) is 6.79 Å². The second-order valence-corrected chi connectivity index (χ2v) is 6.57. The summed E-state index contributed by atoms with van der Waals surface area (Å²) in [6.07, 6.45) is 0. The molecule has 0 spiro atoms. The zero-order valence-corrected chi connectivity index (χ0v) is 14.7. The number of ether oxygens (including phenoxy) is 3. The number of furan rings is 1. The van der Waals surface area contributed by atoms with Crippen LogP contribution in [-0.2, 0) is 16.1 Å². The Kier molecular flexibility index (Phi) is 4.49. The lowest BCUT2D eigenvalue weighted by molar-refractivity contribution is -0.141. The van der Waals surface area contributed by atoms with E-state index in [4.69, 9.17) is 18.6 Å². The van der Waals surface area contributed by atoms with Gasteiger partial charge >= 0.3 is 5.97 Å². The Morgan fingerprint density at radius 1 is 1.19 bits per heavy atom. The lowest BCUT2D eigenvalue weighted by atomic mass is 9.89. The molecule has 8 heteroatoms. The Bertz CT molecular complexity index is 875. The summed E-state index contributed by atoms with van der Waals surface area (Å²) in [5, 5.41) is 9.65. The van der Waals surface area contributed by atoms with Crippen molar-refractivity contribution in [1.29, 1.82) is 0 Å². The van der Waals surface area contributed by atoms with Crippen LogP contribution in [0.1, 0.15) is 27.8 Å². The van der Waals surface area contributed by atoms with E-state index in [1.165, 1.54) is 12.0 Å². The predicted octanol–water partition coefficient (Wildman–Crippen LogP) is 2.10. The third-order valence-corrected chi connectivity index (χ3v) is 4.91. The fourth-order valence-corrected chi connectivity index (χ4v) is 3.57. The van der Waals surface area contributed by atoms with Crippen LogP contribution in [0.15, 0.2) is 34.7 Å². The summed E-state index contributed by atoms with van der Waals surface area (Å²) in [5.74, 6) is -0.356. The predicted molar refractivity (Wildman–Crippen MR) is 91.8 cm³/mol. The Morgan fingerprint density at radius 3 is 2.78 bits per heavy atom. The molecule has 0 aliphatic carbocycles. The lowest BCUT2D eigenvalue weighted by Crippen LogP contribution is -2.29. The number of aliphatic carboxylic acids is 1. The van der Waals surface area contributed by atoms with Crippen molar-refractivity contribution in [3.05, 3.63) is 47.4 Å². The molecule has 1 saturated heterocycles. The molecule has 3 heterocycles. The number of rotatable bonds is 5. The quantitative estimate of drug-likeness (QED) is 0.857. The summed E-state index contributed by atoms with van der Waals surface area (Å²) in [6, 6.07) is 8.65. The normalized spacial score (nSPS) is 20.9. The molecule has 0 radical (unpaired) electrons. The average molecular weight is 373 g/mol. The van der Waals surface area contributed by atoms with Crippen LogP contribution >= 0.6 is 0 Å². The van der Waals surface area contributed by atoms with E-state index < -0.39 is 11.9 Å². The van der Waals surface area contributed by atoms with Crippen molar-refractivity contribution in [2.75, 3.05) is 27.0 Å². The van der Waals surface area contributed by atoms with Gasteiger partial charge in [0.15, 0.2) is 17.3 Å². The van der Waals surface area contributed by atoms with E-state index in [9.17, 15) is 14.7 Å². The number of carboxylic acids is 1. The van der Waals surface area contributed by atoms with Gasteiger partial charge in [-0.3, -0.25) is 9.59 Å². The number of hydrogen-bond acceptors (Lipinski definition) is 6. The first-order chi connectivity index (χ1) is 13.1. The molecule has 8 nitrogen and oxygen atoms in total. The van der Waals surface area contributed by atoms with Crippen LogP contribution in [0.5, 0.6) is 11.5 Å². The fourth-order valence-electron chi connectivity index (χ4n) is 3.57. The Balaban J connectivity index is 1.56. The smallest absolute Gasteiger partial charge is 0.308 e. The Hall–Kier alpha value is -3.00. The van der Waals surface area contributed by atoms with E-state index in [1.807, 2.05) is 6.07 Å². The highest BCUT2D eigenvalue weighted by Crippen LogP contribution is 2.39. The van der Waals surface area contributed by atoms with Crippen molar-refractivity contribution < 1.29 is 33.3 Å². The van der Waals surface area contributed by atoms with Crippen molar-refractivity contribution in [1.82, 2.24) is 4.90 Å². The number of benzene rings is 1. The first kappa shape index (κ1) is 17.4. The third-order valence-electron chi connectivity index (χ3n) is 4.91. The number of carbonyl (C=O) groups excluding carboxylic acids is 1. The highest BCUT2D eigenvalue weighted by molar-refractivity contribution is 5.92. The molecule has 1 N–H and O–H groups in total. The molecule has 4 rings (SSSR count). The summed E-state index contributed by atoms with van der Waals surface area (Å²) in [6.45, 7) is 0.826. The number of amides is 1. The molecular weight excluding hydrogens is 354 g/mol. The molecule has 142 valence electrons. The SMILES string of the molecule is COCc1ccc(C(=O)N2C[C@@H](C(=O)O)[C@H](c3ccc4c(c3)OCO4)C2)o1. The van der Waals surface area contributed by atoms with Crippen LogP contribution in [0.3, 0.4) is 0 Å². The van der Waals surface area contributed by atoms with Crippen LogP contribution in [-0.4, -0.2) is 48.9 Å². The van der Waals surface area contributed by atoms with E-state index in [-0.39, 0.29) is 44.1 Å². The molecule has 0 bridgehead atoms. The molecule has 1 aromatic carbocycles. The molecule has 1 aromatic heterocycles. The lowest BCUT2D eigenvalue weighted by Gasteiger charge is -2.16. The van der Waals surface area contributed by atoms with Crippen molar-refractivity contribution in [3.8, 4) is 11.5 Å². The highest BCUT2D eigenvalue weighted by atomic mass is 16.7. The van der Waals surface area contributed by atoms with E-state index in [0.29, 0.717) is 17.3 Å². The van der Waals surface area contributed by atoms with Crippen LogP contribution in [0.2, 0.25) is 0 Å². The second kappa shape index (κ2) is 6.96. The monoisotopic (exact) mass is 373 g/mol. The molecule has 2 aromatic rings. The molecule has 2 aliphatic heterocycles. The van der Waals surface area contributed by atoms with Gasteiger partial charge < -0.3 is 28.6 Å². The van der Waals surface area contributed by atoms with Crippen LogP contribution < -0.4 is 9.47 Å². The summed E-state index contributed by atoms with van der Waals surface area (Å²) in [5.41, 5.74) is 0.807. The van der Waals surface area contributed by atoms with E-state index >= 15 is 0 Å². The molecule has 1 fully saturated rings. The van der Waals surface area contributed by atoms with Crippen molar-refractivity contribution >= 4 is 11.9 Å². The topological polar surface area (TPSA) is 98.4 Å². The average Bonchev–Trinajstić information content (AvgIpc) is 3.39. The van der Waals surface area contributed by atoms with Gasteiger partial charge in [0, 0.05) is 26.1 Å². The molecule has 2 aliphatic rings. The molecule has 27 heavy (non-hydrogen) atoms. The minimum atomic E-state index is -0.938. The van der Waals surface area contributed by atoms with Crippen molar-refractivity contribution in [2.45, 2.75) is 12.5 Å². The molecule has 0 saturated carbocycles. The van der Waals surface area contributed by atoms with Crippen LogP contribution in [0, 0.1) is 5.92 Å². The third kappa shape index (κ3) is 3.23. The highest BCUT2D eigenvalue weighted by Gasteiger charge is 2.41. The number of carboxylic acid groups (broad SMARTS) is 1. The maximum Gasteiger partial charge on any atom is 0.308 e. The number of likely N-dealkylation sites (tertiary alicyclic amines) is 1. The van der Waals surface area contributed by atoms with E-state index in [1.54, 1.807) is 24.3 Å². The van der Waals surface area contributed by atoms with E-state index in [2.05, 4.69) is 0 Å². The minimum absolute atomic E-state index is 0.119. The zero-order valence-electron chi connectivity index (χ0n) is 14.7. The van der Waals surface area contributed by atoms with Gasteiger partial charge in [-0.25, -0.2) is 0 Å². The maximum absolute atomic E-state index is 12.8.